The number of aliphatic hydroxyl groups excluding tert-OH is 8. The monoisotopic (exact) mass is 924 g/mol. The van der Waals surface area contributed by atoms with E-state index in [9.17, 15) is 45.6 Å². The number of nitrogens with one attached hydrogen (secondary N) is 1. The van der Waals surface area contributed by atoms with Crippen LogP contribution in [0.15, 0.2) is 11.6 Å². The number of hydrogen-bond donors (Lipinski definition) is 9. The topological polar surface area (TPSA) is 246 Å². The van der Waals surface area contributed by atoms with E-state index in [1.54, 1.807) is 7.05 Å². The summed E-state index contributed by atoms with van der Waals surface area (Å²) in [7, 11) is 1.79. The molecule has 372 valence electrons. The average molecular weight is 924 g/mol. The van der Waals surface area contributed by atoms with Crippen LogP contribution in [0, 0.1) is 56.7 Å². The fourth-order valence-corrected chi connectivity index (χ4v) is 15.5. The minimum Gasteiger partial charge on any atom is -0.394 e. The van der Waals surface area contributed by atoms with Crippen LogP contribution in [0.1, 0.15) is 120 Å². The molecule has 0 spiro atoms. The predicted octanol–water partition coefficient (Wildman–Crippen LogP) is 2.28. The van der Waals surface area contributed by atoms with E-state index in [2.05, 4.69) is 59.9 Å². The van der Waals surface area contributed by atoms with E-state index < -0.39 is 110 Å². The fourth-order valence-electron chi connectivity index (χ4n) is 15.5. The van der Waals surface area contributed by atoms with Crippen molar-refractivity contribution in [2.24, 2.45) is 56.7 Å². The molecule has 0 aromatic heterocycles. The number of fused-ring (bicyclic) bond motifs is 7. The van der Waals surface area contributed by atoms with Gasteiger partial charge >= 0.3 is 0 Å². The number of amides is 1. The molecule has 1 amide bonds. The zero-order valence-corrected chi connectivity index (χ0v) is 40.2. The number of aliphatic hydroxyl groups is 8. The molecule has 4 saturated carbocycles. The molecule has 0 aromatic rings. The Kier molecular flexibility index (Phi) is 13.7. The smallest absolute Gasteiger partial charge is 0.226 e. The molecule has 3 aliphatic heterocycles. The zero-order valence-electron chi connectivity index (χ0n) is 40.2. The Balaban J connectivity index is 1.07. The second-order valence-electron chi connectivity index (χ2n) is 23.1. The Morgan fingerprint density at radius 2 is 1.28 bits per heavy atom. The first-order valence-corrected chi connectivity index (χ1v) is 24.7. The van der Waals surface area contributed by atoms with E-state index in [-0.39, 0.29) is 39.4 Å². The molecule has 16 nitrogen and oxygen atoms in total. The van der Waals surface area contributed by atoms with Gasteiger partial charge in [0.15, 0.2) is 18.9 Å². The number of hydrogen-bond acceptors (Lipinski definition) is 15. The van der Waals surface area contributed by atoms with E-state index >= 15 is 0 Å². The molecular formula is C49H81NO15. The highest BCUT2D eigenvalue weighted by Crippen LogP contribution is 2.76. The lowest BCUT2D eigenvalue weighted by molar-refractivity contribution is -0.393. The maximum Gasteiger partial charge on any atom is 0.226 e. The van der Waals surface area contributed by atoms with Crippen molar-refractivity contribution in [1.82, 2.24) is 5.32 Å². The van der Waals surface area contributed by atoms with Crippen LogP contribution in [0.25, 0.3) is 0 Å². The molecule has 0 radical (unpaired) electrons. The maximum absolute atomic E-state index is 13.9. The number of allylic oxidation sites excluding steroid dienone is 2. The third kappa shape index (κ3) is 7.64. The third-order valence-corrected chi connectivity index (χ3v) is 19.9. The number of carbonyl (C=O) groups excluding carboxylic acids is 1. The van der Waals surface area contributed by atoms with Gasteiger partial charge in [-0.25, -0.2) is 0 Å². The molecule has 0 bridgehead atoms. The van der Waals surface area contributed by atoms with E-state index in [0.29, 0.717) is 24.2 Å². The summed E-state index contributed by atoms with van der Waals surface area (Å²) in [5.74, 6) is 1.94. The minimum absolute atomic E-state index is 0.00207. The van der Waals surface area contributed by atoms with Crippen molar-refractivity contribution in [2.75, 3.05) is 13.7 Å². The molecule has 9 N–H and O–H groups in total. The molecule has 3 saturated heterocycles. The van der Waals surface area contributed by atoms with E-state index in [1.165, 1.54) is 19.4 Å². The van der Waals surface area contributed by atoms with E-state index in [1.807, 2.05) is 0 Å². The second kappa shape index (κ2) is 17.8. The molecule has 65 heavy (non-hydrogen) atoms. The summed E-state index contributed by atoms with van der Waals surface area (Å²) in [5.41, 5.74) is 0.571. The summed E-state index contributed by atoms with van der Waals surface area (Å²) >= 11 is 0. The van der Waals surface area contributed by atoms with Crippen molar-refractivity contribution in [3.8, 4) is 0 Å². The highest BCUT2D eigenvalue weighted by molar-refractivity contribution is 5.84. The molecule has 5 aliphatic carbocycles. The van der Waals surface area contributed by atoms with Gasteiger partial charge in [-0.15, -0.1) is 0 Å². The number of rotatable bonds is 8. The maximum atomic E-state index is 13.9. The van der Waals surface area contributed by atoms with Gasteiger partial charge in [0, 0.05) is 7.05 Å². The van der Waals surface area contributed by atoms with Gasteiger partial charge in [-0.1, -0.05) is 60.1 Å². The molecule has 8 aliphatic rings. The van der Waals surface area contributed by atoms with Crippen LogP contribution < -0.4 is 5.32 Å². The highest BCUT2D eigenvalue weighted by Gasteiger charge is 2.70. The minimum atomic E-state index is -1.73. The lowest BCUT2D eigenvalue weighted by Gasteiger charge is -2.71. The van der Waals surface area contributed by atoms with Crippen molar-refractivity contribution in [3.63, 3.8) is 0 Å². The number of ether oxygens (including phenoxy) is 6. The Morgan fingerprint density at radius 1 is 0.677 bits per heavy atom. The summed E-state index contributed by atoms with van der Waals surface area (Å²) in [6.45, 7) is 19.1. The molecule has 8 rings (SSSR count). The predicted molar refractivity (Wildman–Crippen MR) is 234 cm³/mol. The van der Waals surface area contributed by atoms with Gasteiger partial charge in [-0.2, -0.15) is 0 Å². The first-order chi connectivity index (χ1) is 30.4. The van der Waals surface area contributed by atoms with Gasteiger partial charge < -0.3 is 74.6 Å². The summed E-state index contributed by atoms with van der Waals surface area (Å²) < 4.78 is 37.3. The van der Waals surface area contributed by atoms with Crippen molar-refractivity contribution in [2.45, 2.75) is 218 Å². The lowest BCUT2D eigenvalue weighted by atomic mass is 9.33. The molecule has 7 fully saturated rings. The normalized spacial score (nSPS) is 55.4. The Bertz CT molecular complexity index is 1770. The standard InChI is InChI=1S/C49H81NO15/c1-22-13-18-49(44(59)50-10)20-19-47(8)26(31(49)23(22)2)11-12-29-46(7)16-15-30(45(5,6)28(46)14-17-48(29,47)9)63-43-40(65-42-37(57)35(55)33(53)25(4)61-42)38(58)39(27(21-51)62-43)64-41-36(56)34(54)32(52)24(3)60-41/h11,22-25,27-43,51-58H,12-21H2,1-10H3,(H,50,59)/t22-,23+,24+,25+,27-,28+,29-,30-,31+,32+,33+,34-,35-,36-,37-,38+,39-,40-,41+,42+,43+,46+,47-,48-,49+/m1/s1. The van der Waals surface area contributed by atoms with Gasteiger partial charge in [0.25, 0.3) is 0 Å². The quantitative estimate of drug-likeness (QED) is 0.125. The van der Waals surface area contributed by atoms with Gasteiger partial charge in [0.2, 0.25) is 5.91 Å². The Hall–Kier alpha value is -1.35. The summed E-state index contributed by atoms with van der Waals surface area (Å²) in [4.78, 5) is 13.9. The van der Waals surface area contributed by atoms with E-state index in [0.717, 1.165) is 51.4 Å². The Morgan fingerprint density at radius 3 is 1.86 bits per heavy atom. The summed E-state index contributed by atoms with van der Waals surface area (Å²) in [6.07, 6.45) is -11.3. The molecule has 25 atom stereocenters. The van der Waals surface area contributed by atoms with Crippen LogP contribution in [0.5, 0.6) is 0 Å². The molecule has 0 unspecified atom stereocenters. The molecular weight excluding hydrogens is 843 g/mol. The van der Waals surface area contributed by atoms with Crippen LogP contribution in [-0.4, -0.2) is 159 Å². The summed E-state index contributed by atoms with van der Waals surface area (Å²) in [6, 6.07) is 0. The zero-order chi connectivity index (χ0) is 47.5. The van der Waals surface area contributed by atoms with Gasteiger partial charge in [0.05, 0.1) is 30.3 Å². The highest BCUT2D eigenvalue weighted by atomic mass is 16.8. The number of carbonyl (C=O) groups is 1. The van der Waals surface area contributed by atoms with Crippen LogP contribution in [0.3, 0.4) is 0 Å². The van der Waals surface area contributed by atoms with Crippen LogP contribution >= 0.6 is 0 Å². The molecule has 16 heteroatoms. The molecule has 3 heterocycles. The molecule has 0 aromatic carbocycles. The van der Waals surface area contributed by atoms with Crippen LogP contribution in [0.4, 0.5) is 0 Å². The van der Waals surface area contributed by atoms with E-state index in [4.69, 9.17) is 28.4 Å². The average Bonchev–Trinajstić information content (AvgIpc) is 3.26. The first kappa shape index (κ1) is 50.1. The Labute approximate surface area is 384 Å². The van der Waals surface area contributed by atoms with Crippen LogP contribution in [0.2, 0.25) is 0 Å². The lowest BCUT2D eigenvalue weighted by Crippen LogP contribution is -2.68. The van der Waals surface area contributed by atoms with Crippen molar-refractivity contribution < 1.29 is 74.1 Å². The van der Waals surface area contributed by atoms with Gasteiger partial charge in [-0.3, -0.25) is 4.79 Å². The largest absolute Gasteiger partial charge is 0.394 e. The van der Waals surface area contributed by atoms with Crippen molar-refractivity contribution >= 4 is 5.91 Å². The first-order valence-electron chi connectivity index (χ1n) is 24.7. The third-order valence-electron chi connectivity index (χ3n) is 19.9. The van der Waals surface area contributed by atoms with Gasteiger partial charge in [-0.05, 0) is 123 Å². The summed E-state index contributed by atoms with van der Waals surface area (Å²) in [5, 5.41) is 89.9. The van der Waals surface area contributed by atoms with Crippen LogP contribution in [-0.2, 0) is 33.2 Å². The van der Waals surface area contributed by atoms with Gasteiger partial charge in [0.1, 0.15) is 61.0 Å². The van der Waals surface area contributed by atoms with Crippen molar-refractivity contribution in [3.05, 3.63) is 11.6 Å². The SMILES string of the molecule is CNC(=O)[C@]12CC[C@@H](C)[C@H](C)[C@H]1C1=CC[C@@H]3[C@@]4(C)CC[C@@H](O[C@@H]5O[C@H](CO)[C@@H](O[C@@H]6O[C@@H](C)[C@H](O)[C@@H](O)[C@H]6O)[C@H](O)[C@H]5O[C@@H]5O[C@@H](C)[C@H](O)[C@@H](O)[C@H]5O)C(C)(C)[C@@H]4CC[C@@]3(C)[C@]1(C)CC2. The van der Waals surface area contributed by atoms with Crippen molar-refractivity contribution in [1.29, 1.82) is 0 Å². The second-order valence-corrected chi connectivity index (χ2v) is 23.1. The fraction of sp³-hybridized carbons (Fsp3) is 0.939.